The highest BCUT2D eigenvalue weighted by Gasteiger charge is 2.18. The van der Waals surface area contributed by atoms with Gasteiger partial charge in [-0.05, 0) is 84.7 Å². The molecule has 2 rings (SSSR count). The average molecular weight is 298 g/mol. The Balaban J connectivity index is 2.22. The van der Waals surface area contributed by atoms with Crippen LogP contribution in [0, 0.1) is 19.8 Å². The Bertz CT molecular complexity index is 411. The van der Waals surface area contributed by atoms with Gasteiger partial charge in [-0.1, -0.05) is 6.07 Å². The lowest BCUT2D eigenvalue weighted by Gasteiger charge is -2.24. The van der Waals surface area contributed by atoms with E-state index in [0.717, 1.165) is 35.1 Å². The number of benzene rings is 1. The lowest BCUT2D eigenvalue weighted by molar-refractivity contribution is 0.369. The molecular formula is C14H20BrNO. The molecule has 0 saturated carbocycles. The molecule has 1 fully saturated rings. The molecule has 1 unspecified atom stereocenters. The fourth-order valence-corrected chi connectivity index (χ4v) is 2.98. The second-order valence-electron chi connectivity index (χ2n) is 5.07. The molecule has 1 saturated heterocycles. The molecule has 1 aliphatic heterocycles. The fourth-order valence-electron chi connectivity index (χ4n) is 2.63. The summed E-state index contributed by atoms with van der Waals surface area (Å²) in [6, 6.07) is 2.15. The van der Waals surface area contributed by atoms with E-state index in [0.29, 0.717) is 11.7 Å². The Hall–Kier alpha value is -0.540. The maximum Gasteiger partial charge on any atom is 0.133 e. The third kappa shape index (κ3) is 2.83. The molecule has 0 aliphatic carbocycles. The van der Waals surface area contributed by atoms with E-state index in [9.17, 15) is 5.11 Å². The van der Waals surface area contributed by atoms with Gasteiger partial charge in [0.05, 0.1) is 4.47 Å². The zero-order chi connectivity index (χ0) is 12.4. The van der Waals surface area contributed by atoms with Crippen molar-refractivity contribution in [2.24, 2.45) is 5.92 Å². The minimum absolute atomic E-state index is 0.438. The Morgan fingerprint density at radius 3 is 2.82 bits per heavy atom. The predicted octanol–water partition coefficient (Wildman–Crippen LogP) is 3.31. The van der Waals surface area contributed by atoms with Crippen molar-refractivity contribution < 1.29 is 5.11 Å². The van der Waals surface area contributed by atoms with Gasteiger partial charge < -0.3 is 10.4 Å². The molecule has 0 amide bonds. The van der Waals surface area contributed by atoms with Crippen molar-refractivity contribution in [2.45, 2.75) is 33.1 Å². The second kappa shape index (κ2) is 5.40. The highest BCUT2D eigenvalue weighted by molar-refractivity contribution is 9.10. The Morgan fingerprint density at radius 2 is 2.18 bits per heavy atom. The molecule has 0 bridgehead atoms. The van der Waals surface area contributed by atoms with Crippen LogP contribution in [-0.4, -0.2) is 18.2 Å². The number of halogens is 1. The van der Waals surface area contributed by atoms with Crippen LogP contribution in [-0.2, 0) is 6.42 Å². The first-order valence-electron chi connectivity index (χ1n) is 6.28. The van der Waals surface area contributed by atoms with E-state index < -0.39 is 0 Å². The molecule has 3 heteroatoms. The van der Waals surface area contributed by atoms with E-state index >= 15 is 0 Å². The van der Waals surface area contributed by atoms with E-state index in [1.807, 2.05) is 6.92 Å². The van der Waals surface area contributed by atoms with E-state index in [-0.39, 0.29) is 0 Å². The smallest absolute Gasteiger partial charge is 0.133 e. The summed E-state index contributed by atoms with van der Waals surface area (Å²) in [5, 5.41) is 13.6. The molecule has 0 aromatic heterocycles. The van der Waals surface area contributed by atoms with Crippen LogP contribution in [0.25, 0.3) is 0 Å². The number of aromatic hydroxyl groups is 1. The van der Waals surface area contributed by atoms with Gasteiger partial charge in [0.2, 0.25) is 0 Å². The third-order valence-corrected chi connectivity index (χ3v) is 4.64. The van der Waals surface area contributed by atoms with Crippen molar-refractivity contribution in [1.29, 1.82) is 0 Å². The summed E-state index contributed by atoms with van der Waals surface area (Å²) in [7, 11) is 0. The summed E-state index contributed by atoms with van der Waals surface area (Å²) in [6.45, 7) is 6.32. The van der Waals surface area contributed by atoms with Crippen LogP contribution in [0.15, 0.2) is 10.5 Å². The van der Waals surface area contributed by atoms with Gasteiger partial charge in [-0.25, -0.2) is 0 Å². The predicted molar refractivity (Wildman–Crippen MR) is 74.6 cm³/mol. The number of aryl methyl sites for hydroxylation is 2. The van der Waals surface area contributed by atoms with Gasteiger partial charge in [-0.2, -0.15) is 0 Å². The summed E-state index contributed by atoms with van der Waals surface area (Å²) >= 11 is 3.46. The molecule has 0 radical (unpaired) electrons. The highest BCUT2D eigenvalue weighted by Crippen LogP contribution is 2.35. The zero-order valence-corrected chi connectivity index (χ0v) is 12.1. The molecule has 94 valence electrons. The van der Waals surface area contributed by atoms with Gasteiger partial charge in [0.25, 0.3) is 0 Å². The number of rotatable bonds is 2. The van der Waals surface area contributed by atoms with Crippen LogP contribution < -0.4 is 5.32 Å². The van der Waals surface area contributed by atoms with Crippen LogP contribution in [0.4, 0.5) is 0 Å². The van der Waals surface area contributed by atoms with Crippen molar-refractivity contribution >= 4 is 15.9 Å². The van der Waals surface area contributed by atoms with Crippen molar-refractivity contribution in [3.8, 4) is 5.75 Å². The van der Waals surface area contributed by atoms with Gasteiger partial charge in [-0.3, -0.25) is 0 Å². The standard InChI is InChI=1S/C14H20BrNO/c1-9-6-10(2)13(15)14(17)12(9)7-11-4-3-5-16-8-11/h6,11,16-17H,3-5,7-8H2,1-2H3. The van der Waals surface area contributed by atoms with Crippen molar-refractivity contribution in [3.63, 3.8) is 0 Å². The van der Waals surface area contributed by atoms with Crippen molar-refractivity contribution in [2.75, 3.05) is 13.1 Å². The summed E-state index contributed by atoms with van der Waals surface area (Å²) in [4.78, 5) is 0. The Labute approximate surface area is 112 Å². The summed E-state index contributed by atoms with van der Waals surface area (Å²) < 4.78 is 0.849. The monoisotopic (exact) mass is 297 g/mol. The first-order chi connectivity index (χ1) is 8.09. The largest absolute Gasteiger partial charge is 0.506 e. The van der Waals surface area contributed by atoms with Crippen LogP contribution >= 0.6 is 15.9 Å². The number of hydrogen-bond acceptors (Lipinski definition) is 2. The van der Waals surface area contributed by atoms with E-state index in [4.69, 9.17) is 0 Å². The lowest BCUT2D eigenvalue weighted by Crippen LogP contribution is -2.31. The van der Waals surface area contributed by atoms with Crippen LogP contribution in [0.5, 0.6) is 5.75 Å². The SMILES string of the molecule is Cc1cc(C)c(CC2CCCNC2)c(O)c1Br. The van der Waals surface area contributed by atoms with Gasteiger partial charge >= 0.3 is 0 Å². The maximum atomic E-state index is 10.2. The molecule has 0 spiro atoms. The van der Waals surface area contributed by atoms with Gasteiger partial charge in [-0.15, -0.1) is 0 Å². The number of hydrogen-bond donors (Lipinski definition) is 2. The van der Waals surface area contributed by atoms with Crippen molar-refractivity contribution in [3.05, 3.63) is 27.2 Å². The fraction of sp³-hybridized carbons (Fsp3) is 0.571. The average Bonchev–Trinajstić information content (AvgIpc) is 2.33. The van der Waals surface area contributed by atoms with E-state index in [1.54, 1.807) is 0 Å². The molecule has 2 N–H and O–H groups in total. The number of piperidine rings is 1. The van der Waals surface area contributed by atoms with E-state index in [2.05, 4.69) is 34.2 Å². The molecule has 17 heavy (non-hydrogen) atoms. The topological polar surface area (TPSA) is 32.3 Å². The van der Waals surface area contributed by atoms with Crippen molar-refractivity contribution in [1.82, 2.24) is 5.32 Å². The van der Waals surface area contributed by atoms with Gasteiger partial charge in [0.15, 0.2) is 0 Å². The lowest BCUT2D eigenvalue weighted by atomic mass is 9.89. The second-order valence-corrected chi connectivity index (χ2v) is 5.86. The van der Waals surface area contributed by atoms with Crippen LogP contribution in [0.1, 0.15) is 29.5 Å². The number of nitrogens with one attached hydrogen (secondary N) is 1. The molecule has 1 aromatic carbocycles. The molecule has 1 atom stereocenters. The first kappa shape index (κ1) is 12.9. The summed E-state index contributed by atoms with van der Waals surface area (Å²) in [6.07, 6.45) is 3.48. The number of phenolic OH excluding ortho intramolecular Hbond substituents is 1. The van der Waals surface area contributed by atoms with Gasteiger partial charge in [0.1, 0.15) is 5.75 Å². The minimum atomic E-state index is 0.438. The summed E-state index contributed by atoms with van der Waals surface area (Å²) in [5.74, 6) is 1.09. The normalized spacial score (nSPS) is 20.5. The maximum absolute atomic E-state index is 10.2. The first-order valence-corrected chi connectivity index (χ1v) is 7.07. The highest BCUT2D eigenvalue weighted by atomic mass is 79.9. The Kier molecular flexibility index (Phi) is 4.10. The molecular weight excluding hydrogens is 278 g/mol. The molecule has 1 aliphatic rings. The van der Waals surface area contributed by atoms with Gasteiger partial charge in [0, 0.05) is 0 Å². The minimum Gasteiger partial charge on any atom is -0.506 e. The Morgan fingerprint density at radius 1 is 1.41 bits per heavy atom. The molecule has 2 nitrogen and oxygen atoms in total. The van der Waals surface area contributed by atoms with E-state index in [1.165, 1.54) is 18.4 Å². The summed E-state index contributed by atoms with van der Waals surface area (Å²) in [5.41, 5.74) is 3.41. The number of phenols is 1. The third-order valence-electron chi connectivity index (χ3n) is 3.64. The van der Waals surface area contributed by atoms with Crippen LogP contribution in [0.2, 0.25) is 0 Å². The quantitative estimate of drug-likeness (QED) is 0.878. The molecule has 1 aromatic rings. The van der Waals surface area contributed by atoms with Crippen LogP contribution in [0.3, 0.4) is 0 Å². The molecule has 1 heterocycles. The zero-order valence-electron chi connectivity index (χ0n) is 10.5.